The fourth-order valence-corrected chi connectivity index (χ4v) is 6.11. The van der Waals surface area contributed by atoms with Crippen LogP contribution < -0.4 is 9.47 Å². The van der Waals surface area contributed by atoms with Gasteiger partial charge in [-0.3, -0.25) is 0 Å². The van der Waals surface area contributed by atoms with Gasteiger partial charge in [0.25, 0.3) is 0 Å². The van der Waals surface area contributed by atoms with Crippen LogP contribution in [0.15, 0.2) is 110 Å². The van der Waals surface area contributed by atoms with E-state index in [0.717, 1.165) is 41.3 Å². The molecule has 3 aromatic carbocycles. The molecule has 0 spiro atoms. The van der Waals surface area contributed by atoms with E-state index in [1.54, 1.807) is 22.7 Å². The smallest absolute Gasteiger partial charge is 0.231 e. The lowest BCUT2D eigenvalue weighted by atomic mass is 10.2. The lowest BCUT2D eigenvalue weighted by Crippen LogP contribution is -1.91. The maximum Gasteiger partial charge on any atom is 0.231 e. The van der Waals surface area contributed by atoms with E-state index in [4.69, 9.17) is 9.47 Å². The van der Waals surface area contributed by atoms with E-state index in [1.807, 2.05) is 60.7 Å². The Bertz CT molecular complexity index is 1730. The molecule has 0 unspecified atom stereocenters. The van der Waals surface area contributed by atoms with Gasteiger partial charge in [0.1, 0.15) is 33.8 Å². The highest BCUT2D eigenvalue weighted by Gasteiger charge is 2.14. The van der Waals surface area contributed by atoms with E-state index >= 15 is 0 Å². The van der Waals surface area contributed by atoms with Crippen molar-refractivity contribution < 1.29 is 9.47 Å². The molecule has 0 amide bonds. The summed E-state index contributed by atoms with van der Waals surface area (Å²) in [4.78, 5) is 21.6. The van der Waals surface area contributed by atoms with Crippen molar-refractivity contribution in [2.45, 2.75) is 0 Å². The van der Waals surface area contributed by atoms with E-state index < -0.39 is 0 Å². The van der Waals surface area contributed by atoms with Gasteiger partial charge in [-0.25, -0.2) is 19.9 Å². The number of ether oxygens (including phenoxy) is 2. The average molecular weight is 531 g/mol. The van der Waals surface area contributed by atoms with Crippen LogP contribution in [0.3, 0.4) is 0 Å². The Balaban J connectivity index is 1.13. The summed E-state index contributed by atoms with van der Waals surface area (Å²) in [6.07, 6.45) is 3.07. The molecule has 0 aliphatic heterocycles. The Labute approximate surface area is 225 Å². The zero-order valence-electron chi connectivity index (χ0n) is 19.8. The molecule has 0 radical (unpaired) electrons. The van der Waals surface area contributed by atoms with Gasteiger partial charge in [-0.15, -0.1) is 22.7 Å². The molecule has 4 aromatic heterocycles. The van der Waals surface area contributed by atoms with Crippen LogP contribution in [0.5, 0.6) is 23.3 Å². The largest absolute Gasteiger partial charge is 0.438 e. The van der Waals surface area contributed by atoms with Crippen LogP contribution in [0.4, 0.5) is 0 Å². The maximum atomic E-state index is 6.14. The third-order valence-corrected chi connectivity index (χ3v) is 8.14. The quantitative estimate of drug-likeness (QED) is 0.214. The Hall–Kier alpha value is -4.66. The van der Waals surface area contributed by atoms with Crippen molar-refractivity contribution >= 4 is 43.1 Å². The molecule has 0 atom stereocenters. The summed E-state index contributed by atoms with van der Waals surface area (Å²) in [7, 11) is 0. The van der Waals surface area contributed by atoms with Gasteiger partial charge in [0.05, 0.1) is 10.8 Å². The molecular formula is C30H18N4O2S2. The number of fused-ring (bicyclic) bond motifs is 2. The van der Waals surface area contributed by atoms with Gasteiger partial charge >= 0.3 is 0 Å². The fraction of sp³-hybridized carbons (Fsp3) is 0. The van der Waals surface area contributed by atoms with Crippen molar-refractivity contribution in [3.8, 4) is 44.1 Å². The number of nitrogens with zero attached hydrogens (tertiary/aromatic N) is 4. The molecule has 0 bridgehead atoms. The molecule has 7 rings (SSSR count). The second-order valence-electron chi connectivity index (χ2n) is 8.42. The van der Waals surface area contributed by atoms with Crippen molar-refractivity contribution in [3.63, 3.8) is 0 Å². The van der Waals surface area contributed by atoms with Crippen LogP contribution in [-0.2, 0) is 0 Å². The Morgan fingerprint density at radius 1 is 0.474 bits per heavy atom. The predicted octanol–water partition coefficient (Wildman–Crippen LogP) is 8.61. The lowest BCUT2D eigenvalue weighted by Gasteiger charge is -2.08. The first-order valence-corrected chi connectivity index (χ1v) is 13.5. The number of rotatable bonds is 6. The van der Waals surface area contributed by atoms with E-state index in [2.05, 4.69) is 56.3 Å². The van der Waals surface area contributed by atoms with Crippen molar-refractivity contribution in [1.29, 1.82) is 0 Å². The number of thiophene rings is 2. The summed E-state index contributed by atoms with van der Waals surface area (Å²) >= 11 is 3.24. The summed E-state index contributed by atoms with van der Waals surface area (Å²) in [5.74, 6) is 2.34. The van der Waals surface area contributed by atoms with Gasteiger partial charge in [0.2, 0.25) is 11.8 Å². The summed E-state index contributed by atoms with van der Waals surface area (Å²) < 4.78 is 12.3. The number of benzene rings is 3. The lowest BCUT2D eigenvalue weighted by molar-refractivity contribution is 0.455. The Kier molecular flexibility index (Phi) is 5.73. The maximum absolute atomic E-state index is 6.14. The van der Waals surface area contributed by atoms with E-state index in [0.29, 0.717) is 23.3 Å². The van der Waals surface area contributed by atoms with Gasteiger partial charge in [-0.2, -0.15) is 0 Å². The Morgan fingerprint density at radius 3 is 1.32 bits per heavy atom. The second-order valence-corrected chi connectivity index (χ2v) is 10.5. The van der Waals surface area contributed by atoms with Crippen LogP contribution in [-0.4, -0.2) is 19.9 Å². The van der Waals surface area contributed by atoms with Crippen LogP contribution in [0.2, 0.25) is 0 Å². The predicted molar refractivity (Wildman–Crippen MR) is 152 cm³/mol. The molecule has 0 aliphatic rings. The summed E-state index contributed by atoms with van der Waals surface area (Å²) in [5.41, 5.74) is 2.28. The monoisotopic (exact) mass is 530 g/mol. The van der Waals surface area contributed by atoms with Gasteiger partial charge in [-0.05, 0) is 47.5 Å². The van der Waals surface area contributed by atoms with Gasteiger partial charge in [0, 0.05) is 9.75 Å². The second kappa shape index (κ2) is 9.66. The molecule has 0 saturated heterocycles. The topological polar surface area (TPSA) is 70.0 Å². The van der Waals surface area contributed by atoms with Gasteiger partial charge < -0.3 is 9.47 Å². The van der Waals surface area contributed by atoms with Crippen molar-refractivity contribution in [2.24, 2.45) is 0 Å². The van der Waals surface area contributed by atoms with Crippen LogP contribution >= 0.6 is 22.7 Å². The highest BCUT2D eigenvalue weighted by molar-refractivity contribution is 7.22. The molecule has 0 saturated carbocycles. The van der Waals surface area contributed by atoms with Crippen molar-refractivity contribution in [1.82, 2.24) is 19.9 Å². The minimum Gasteiger partial charge on any atom is -0.438 e. The zero-order chi connectivity index (χ0) is 25.3. The standard InChI is InChI=1S/C30H18N4O2S2/c1-3-7-19(8-4-1)25-15-23-27(31-17-33-29(23)37-25)35-21-11-13-22(14-12-21)36-28-24-16-26(20-9-5-2-6-10-20)38-30(24)34-18-32-28/h1-18H. The molecular weight excluding hydrogens is 512 g/mol. The summed E-state index contributed by atoms with van der Waals surface area (Å²) in [6.45, 7) is 0. The number of hydrogen-bond donors (Lipinski definition) is 0. The third-order valence-electron chi connectivity index (χ3n) is 5.96. The first-order valence-electron chi connectivity index (χ1n) is 11.9. The fourth-order valence-electron chi connectivity index (χ4n) is 4.12. The molecule has 38 heavy (non-hydrogen) atoms. The van der Waals surface area contributed by atoms with E-state index in [-0.39, 0.29) is 0 Å². The molecule has 182 valence electrons. The first kappa shape index (κ1) is 22.5. The normalized spacial score (nSPS) is 11.2. The van der Waals surface area contributed by atoms with E-state index in [1.165, 1.54) is 12.7 Å². The summed E-state index contributed by atoms with van der Waals surface area (Å²) in [5, 5.41) is 1.76. The summed E-state index contributed by atoms with van der Waals surface area (Å²) in [6, 6.07) is 32.0. The molecule has 6 nitrogen and oxygen atoms in total. The average Bonchev–Trinajstić information content (AvgIpc) is 3.61. The van der Waals surface area contributed by atoms with Gasteiger partial charge in [0.15, 0.2) is 0 Å². The minimum absolute atomic E-state index is 0.520. The van der Waals surface area contributed by atoms with Crippen LogP contribution in [0, 0.1) is 0 Å². The van der Waals surface area contributed by atoms with E-state index in [9.17, 15) is 0 Å². The first-order chi connectivity index (χ1) is 18.8. The molecule has 0 fully saturated rings. The SMILES string of the molecule is c1ccc(-c2cc3c(Oc4ccc(Oc5ncnc6sc(-c7ccccc7)cc56)cc4)ncnc3s2)cc1. The minimum atomic E-state index is 0.520. The van der Waals surface area contributed by atoms with Crippen LogP contribution in [0.25, 0.3) is 41.3 Å². The molecule has 0 N–H and O–H groups in total. The number of aromatic nitrogens is 4. The molecule has 0 aliphatic carbocycles. The van der Waals surface area contributed by atoms with Crippen LogP contribution in [0.1, 0.15) is 0 Å². The highest BCUT2D eigenvalue weighted by Crippen LogP contribution is 2.39. The highest BCUT2D eigenvalue weighted by atomic mass is 32.1. The molecule has 4 heterocycles. The number of hydrogen-bond acceptors (Lipinski definition) is 8. The Morgan fingerprint density at radius 2 is 0.895 bits per heavy atom. The zero-order valence-corrected chi connectivity index (χ0v) is 21.4. The van der Waals surface area contributed by atoms with Crippen molar-refractivity contribution in [3.05, 3.63) is 110 Å². The molecule has 8 heteroatoms. The van der Waals surface area contributed by atoms with Gasteiger partial charge in [-0.1, -0.05) is 60.7 Å². The molecule has 7 aromatic rings. The van der Waals surface area contributed by atoms with Crippen molar-refractivity contribution in [2.75, 3.05) is 0 Å². The third kappa shape index (κ3) is 4.36.